The third-order valence-electron chi connectivity index (χ3n) is 4.19. The Morgan fingerprint density at radius 2 is 2.05 bits per heavy atom. The first-order chi connectivity index (χ1) is 10.1. The number of rotatable bonds is 4. The summed E-state index contributed by atoms with van der Waals surface area (Å²) >= 11 is 0. The summed E-state index contributed by atoms with van der Waals surface area (Å²) in [6, 6.07) is -0.372. The SMILES string of the molecule is Cc1noc(CNC2CC(=O)N(C3CCCCC3)C2=O)n1. The Morgan fingerprint density at radius 3 is 2.71 bits per heavy atom. The zero-order chi connectivity index (χ0) is 14.8. The van der Waals surface area contributed by atoms with Crippen LogP contribution in [0.5, 0.6) is 0 Å². The molecule has 2 aliphatic rings. The van der Waals surface area contributed by atoms with E-state index in [0.29, 0.717) is 18.3 Å². The molecule has 2 heterocycles. The highest BCUT2D eigenvalue weighted by atomic mass is 16.5. The fourth-order valence-corrected chi connectivity index (χ4v) is 3.16. The summed E-state index contributed by atoms with van der Waals surface area (Å²) in [7, 11) is 0. The van der Waals surface area contributed by atoms with E-state index < -0.39 is 6.04 Å². The number of aromatic nitrogens is 2. The monoisotopic (exact) mass is 292 g/mol. The largest absolute Gasteiger partial charge is 0.338 e. The second kappa shape index (κ2) is 5.93. The molecular formula is C14H20N4O3. The van der Waals surface area contributed by atoms with E-state index in [2.05, 4.69) is 15.5 Å². The van der Waals surface area contributed by atoms with Gasteiger partial charge in [-0.15, -0.1) is 0 Å². The highest BCUT2D eigenvalue weighted by Crippen LogP contribution is 2.27. The van der Waals surface area contributed by atoms with Gasteiger partial charge in [-0.1, -0.05) is 24.4 Å². The van der Waals surface area contributed by atoms with Gasteiger partial charge in [0.1, 0.15) is 0 Å². The van der Waals surface area contributed by atoms with Gasteiger partial charge in [-0.05, 0) is 19.8 Å². The molecule has 21 heavy (non-hydrogen) atoms. The van der Waals surface area contributed by atoms with Crippen molar-refractivity contribution in [2.45, 2.75) is 64.1 Å². The maximum absolute atomic E-state index is 12.4. The topological polar surface area (TPSA) is 88.3 Å². The molecular weight excluding hydrogens is 272 g/mol. The van der Waals surface area contributed by atoms with Crippen LogP contribution in [0.25, 0.3) is 0 Å². The lowest BCUT2D eigenvalue weighted by molar-refractivity contribution is -0.142. The van der Waals surface area contributed by atoms with Crippen molar-refractivity contribution >= 4 is 11.8 Å². The molecule has 1 N–H and O–H groups in total. The molecule has 1 saturated heterocycles. The number of nitrogens with zero attached hydrogens (tertiary/aromatic N) is 3. The van der Waals surface area contributed by atoms with Gasteiger partial charge in [0.25, 0.3) is 0 Å². The minimum absolute atomic E-state index is 0.0638. The molecule has 1 aliphatic carbocycles. The van der Waals surface area contributed by atoms with Crippen molar-refractivity contribution in [1.82, 2.24) is 20.4 Å². The Morgan fingerprint density at radius 1 is 1.29 bits per heavy atom. The molecule has 7 heteroatoms. The van der Waals surface area contributed by atoms with Gasteiger partial charge < -0.3 is 4.52 Å². The summed E-state index contributed by atoms with van der Waals surface area (Å²) in [5.74, 6) is 0.822. The minimum Gasteiger partial charge on any atom is -0.338 e. The maximum Gasteiger partial charge on any atom is 0.247 e. The summed E-state index contributed by atoms with van der Waals surface area (Å²) < 4.78 is 5.00. The number of carbonyl (C=O) groups excluding carboxylic acids is 2. The fourth-order valence-electron chi connectivity index (χ4n) is 3.16. The van der Waals surface area contributed by atoms with Crippen LogP contribution in [0, 0.1) is 6.92 Å². The quantitative estimate of drug-likeness (QED) is 0.830. The molecule has 1 aromatic heterocycles. The van der Waals surface area contributed by atoms with Crippen molar-refractivity contribution in [2.24, 2.45) is 0 Å². The van der Waals surface area contributed by atoms with Crippen molar-refractivity contribution in [3.8, 4) is 0 Å². The summed E-state index contributed by atoms with van der Waals surface area (Å²) in [5, 5.41) is 6.75. The molecule has 7 nitrogen and oxygen atoms in total. The highest BCUT2D eigenvalue weighted by molar-refractivity contribution is 6.05. The van der Waals surface area contributed by atoms with Crippen LogP contribution in [0.2, 0.25) is 0 Å². The molecule has 1 atom stereocenters. The Labute approximate surface area is 123 Å². The van der Waals surface area contributed by atoms with Crippen LogP contribution in [0.3, 0.4) is 0 Å². The maximum atomic E-state index is 12.4. The van der Waals surface area contributed by atoms with Crippen LogP contribution in [-0.4, -0.2) is 38.9 Å². The lowest BCUT2D eigenvalue weighted by atomic mass is 9.94. The van der Waals surface area contributed by atoms with Crippen LogP contribution < -0.4 is 5.32 Å². The van der Waals surface area contributed by atoms with E-state index in [1.54, 1.807) is 6.92 Å². The summed E-state index contributed by atoms with van der Waals surface area (Å²) in [4.78, 5) is 30.1. The number of nitrogens with one attached hydrogen (secondary N) is 1. The Kier molecular flexibility index (Phi) is 4.01. The molecule has 3 rings (SSSR count). The standard InChI is InChI=1S/C14H20N4O3/c1-9-16-12(21-17-9)8-15-11-7-13(19)18(14(11)20)10-5-3-2-4-6-10/h10-11,15H,2-8H2,1H3. The normalized spacial score (nSPS) is 24.0. The smallest absolute Gasteiger partial charge is 0.247 e. The number of carbonyl (C=O) groups is 2. The number of hydrogen-bond acceptors (Lipinski definition) is 6. The van der Waals surface area contributed by atoms with E-state index in [0.717, 1.165) is 25.7 Å². The first kappa shape index (κ1) is 14.2. The summed E-state index contributed by atoms with van der Waals surface area (Å²) in [6.07, 6.45) is 5.50. The predicted octanol–water partition coefficient (Wildman–Crippen LogP) is 0.928. The molecule has 1 aromatic rings. The predicted molar refractivity (Wildman–Crippen MR) is 73.0 cm³/mol. The Balaban J connectivity index is 1.60. The summed E-state index contributed by atoms with van der Waals surface area (Å²) in [6.45, 7) is 2.05. The van der Waals surface area contributed by atoms with Crippen molar-refractivity contribution in [1.29, 1.82) is 0 Å². The third-order valence-corrected chi connectivity index (χ3v) is 4.19. The van der Waals surface area contributed by atoms with E-state index in [1.807, 2.05) is 0 Å². The average molecular weight is 292 g/mol. The number of amides is 2. The average Bonchev–Trinajstić information content (AvgIpc) is 3.01. The second-order valence-corrected chi connectivity index (χ2v) is 5.77. The minimum atomic E-state index is -0.466. The zero-order valence-electron chi connectivity index (χ0n) is 12.2. The first-order valence-electron chi connectivity index (χ1n) is 7.53. The van der Waals surface area contributed by atoms with E-state index in [4.69, 9.17) is 4.52 Å². The molecule has 0 bridgehead atoms. The van der Waals surface area contributed by atoms with Crippen LogP contribution in [0.4, 0.5) is 0 Å². The van der Waals surface area contributed by atoms with E-state index >= 15 is 0 Å². The number of likely N-dealkylation sites (tertiary alicyclic amines) is 1. The number of aryl methyl sites for hydroxylation is 1. The number of hydrogen-bond donors (Lipinski definition) is 1. The molecule has 2 fully saturated rings. The van der Waals surface area contributed by atoms with Crippen molar-refractivity contribution < 1.29 is 14.1 Å². The fraction of sp³-hybridized carbons (Fsp3) is 0.714. The van der Waals surface area contributed by atoms with Gasteiger partial charge in [0, 0.05) is 6.04 Å². The van der Waals surface area contributed by atoms with E-state index in [-0.39, 0.29) is 24.3 Å². The Bertz CT molecular complexity index is 536. The second-order valence-electron chi connectivity index (χ2n) is 5.77. The van der Waals surface area contributed by atoms with Gasteiger partial charge in [-0.3, -0.25) is 19.8 Å². The van der Waals surface area contributed by atoms with Gasteiger partial charge in [0.05, 0.1) is 19.0 Å². The summed E-state index contributed by atoms with van der Waals surface area (Å²) in [5.41, 5.74) is 0. The van der Waals surface area contributed by atoms with Crippen LogP contribution in [-0.2, 0) is 16.1 Å². The molecule has 0 aromatic carbocycles. The van der Waals surface area contributed by atoms with Gasteiger partial charge >= 0.3 is 0 Å². The molecule has 1 saturated carbocycles. The van der Waals surface area contributed by atoms with Crippen molar-refractivity contribution in [3.05, 3.63) is 11.7 Å². The van der Waals surface area contributed by atoms with Crippen molar-refractivity contribution in [2.75, 3.05) is 0 Å². The van der Waals surface area contributed by atoms with Crippen molar-refractivity contribution in [3.63, 3.8) is 0 Å². The van der Waals surface area contributed by atoms with Crippen LogP contribution in [0.1, 0.15) is 50.2 Å². The van der Waals surface area contributed by atoms with Crippen LogP contribution in [0.15, 0.2) is 4.52 Å². The molecule has 114 valence electrons. The number of imide groups is 1. The zero-order valence-corrected chi connectivity index (χ0v) is 12.2. The van der Waals surface area contributed by atoms with E-state index in [9.17, 15) is 9.59 Å². The van der Waals surface area contributed by atoms with E-state index in [1.165, 1.54) is 11.3 Å². The van der Waals surface area contributed by atoms with Gasteiger partial charge in [-0.2, -0.15) is 4.98 Å². The van der Waals surface area contributed by atoms with Crippen LogP contribution >= 0.6 is 0 Å². The lowest BCUT2D eigenvalue weighted by Gasteiger charge is -2.29. The molecule has 0 spiro atoms. The van der Waals surface area contributed by atoms with Gasteiger partial charge in [-0.25, -0.2) is 0 Å². The molecule has 1 unspecified atom stereocenters. The molecule has 0 radical (unpaired) electrons. The molecule has 2 amide bonds. The van der Waals surface area contributed by atoms with Gasteiger partial charge in [0.15, 0.2) is 5.82 Å². The highest BCUT2D eigenvalue weighted by Gasteiger charge is 2.42. The molecule has 1 aliphatic heterocycles. The lowest BCUT2D eigenvalue weighted by Crippen LogP contribution is -2.44. The Hall–Kier alpha value is -1.76. The van der Waals surface area contributed by atoms with Gasteiger partial charge in [0.2, 0.25) is 17.7 Å². The first-order valence-corrected chi connectivity index (χ1v) is 7.53. The third kappa shape index (κ3) is 2.97.